The molecule has 0 aromatic heterocycles. The van der Waals surface area contributed by atoms with Crippen molar-refractivity contribution in [1.29, 1.82) is 0 Å². The molecule has 0 spiro atoms. The van der Waals surface area contributed by atoms with Crippen LogP contribution in [0, 0.1) is 13.8 Å². The lowest BCUT2D eigenvalue weighted by molar-refractivity contribution is 0.247. The van der Waals surface area contributed by atoms with Gasteiger partial charge in [-0.25, -0.2) is 4.79 Å². The van der Waals surface area contributed by atoms with Gasteiger partial charge in [-0.05, 0) is 61.2 Å². The van der Waals surface area contributed by atoms with Crippen LogP contribution in [0.15, 0.2) is 42.5 Å². The van der Waals surface area contributed by atoms with Gasteiger partial charge in [-0.2, -0.15) is 0 Å². The molecule has 0 fully saturated rings. The lowest BCUT2D eigenvalue weighted by Crippen LogP contribution is -2.32. The van der Waals surface area contributed by atoms with Gasteiger partial charge in [0.25, 0.3) is 0 Å². The summed E-state index contributed by atoms with van der Waals surface area (Å²) in [6, 6.07) is 13.7. The van der Waals surface area contributed by atoms with Gasteiger partial charge in [-0.3, -0.25) is 0 Å². The van der Waals surface area contributed by atoms with E-state index in [-0.39, 0.29) is 6.03 Å². The molecule has 23 heavy (non-hydrogen) atoms. The number of amides is 2. The van der Waals surface area contributed by atoms with Gasteiger partial charge < -0.3 is 15.4 Å². The zero-order chi connectivity index (χ0) is 16.7. The van der Waals surface area contributed by atoms with E-state index >= 15 is 0 Å². The van der Waals surface area contributed by atoms with Crippen molar-refractivity contribution in [2.45, 2.75) is 27.2 Å². The molecular weight excluding hydrogens is 288 g/mol. The predicted molar refractivity (Wildman–Crippen MR) is 94.3 cm³/mol. The van der Waals surface area contributed by atoms with Crippen molar-refractivity contribution >= 4 is 11.7 Å². The molecule has 2 aromatic rings. The highest BCUT2D eigenvalue weighted by Crippen LogP contribution is 2.14. The normalized spacial score (nSPS) is 10.2. The number of urea groups is 1. The van der Waals surface area contributed by atoms with E-state index < -0.39 is 0 Å². The van der Waals surface area contributed by atoms with Crippen LogP contribution in [0.4, 0.5) is 10.5 Å². The van der Waals surface area contributed by atoms with Crippen molar-refractivity contribution in [2.75, 3.05) is 18.5 Å². The van der Waals surface area contributed by atoms with E-state index in [1.807, 2.05) is 44.2 Å². The zero-order valence-corrected chi connectivity index (χ0v) is 14.0. The fourth-order valence-electron chi connectivity index (χ4n) is 2.41. The molecule has 4 nitrogen and oxygen atoms in total. The van der Waals surface area contributed by atoms with E-state index in [0.717, 1.165) is 29.0 Å². The van der Waals surface area contributed by atoms with Gasteiger partial charge in [-0.15, -0.1) is 0 Å². The predicted octanol–water partition coefficient (Wildman–Crippen LogP) is 4.07. The van der Waals surface area contributed by atoms with Crippen LogP contribution in [0.25, 0.3) is 0 Å². The monoisotopic (exact) mass is 312 g/mol. The molecule has 0 bridgehead atoms. The molecule has 0 saturated carbocycles. The number of nitrogens with one attached hydrogen (secondary N) is 2. The highest BCUT2D eigenvalue weighted by molar-refractivity contribution is 5.89. The Morgan fingerprint density at radius 3 is 2.52 bits per heavy atom. The first-order chi connectivity index (χ1) is 11.1. The molecule has 0 atom stereocenters. The Balaban J connectivity index is 1.74. The second kappa shape index (κ2) is 8.22. The van der Waals surface area contributed by atoms with E-state index in [1.165, 1.54) is 5.56 Å². The number of carbonyl (C=O) groups excluding carboxylic acids is 1. The number of rotatable bonds is 6. The molecule has 0 aliphatic carbocycles. The smallest absolute Gasteiger partial charge is 0.319 e. The lowest BCUT2D eigenvalue weighted by atomic mass is 10.1. The first-order valence-corrected chi connectivity index (χ1v) is 7.91. The molecule has 0 aliphatic heterocycles. The van der Waals surface area contributed by atoms with E-state index in [2.05, 4.69) is 29.7 Å². The second-order valence-corrected chi connectivity index (χ2v) is 5.61. The minimum absolute atomic E-state index is 0.221. The average molecular weight is 312 g/mol. The van der Waals surface area contributed by atoms with Crippen LogP contribution in [0.5, 0.6) is 5.75 Å². The minimum Gasteiger partial charge on any atom is -0.492 e. The minimum atomic E-state index is -0.221. The summed E-state index contributed by atoms with van der Waals surface area (Å²) in [4.78, 5) is 11.9. The second-order valence-electron chi connectivity index (χ2n) is 5.61. The van der Waals surface area contributed by atoms with Crippen LogP contribution < -0.4 is 15.4 Å². The first-order valence-electron chi connectivity index (χ1n) is 7.91. The summed E-state index contributed by atoms with van der Waals surface area (Å²) in [7, 11) is 0. The van der Waals surface area contributed by atoms with Crippen LogP contribution in [-0.2, 0) is 6.42 Å². The van der Waals surface area contributed by atoms with Gasteiger partial charge in [0.05, 0.1) is 6.54 Å². The van der Waals surface area contributed by atoms with Crippen molar-refractivity contribution < 1.29 is 9.53 Å². The van der Waals surface area contributed by atoms with Gasteiger partial charge in [0.15, 0.2) is 0 Å². The van der Waals surface area contributed by atoms with Gasteiger partial charge in [0.1, 0.15) is 12.4 Å². The van der Waals surface area contributed by atoms with Crippen molar-refractivity contribution in [3.8, 4) is 5.75 Å². The number of carbonyl (C=O) groups is 1. The Hall–Kier alpha value is -2.49. The third-order valence-electron chi connectivity index (χ3n) is 3.44. The highest BCUT2D eigenvalue weighted by atomic mass is 16.5. The Morgan fingerprint density at radius 2 is 1.83 bits per heavy atom. The molecular formula is C19H24N2O2. The number of hydrogen-bond donors (Lipinski definition) is 2. The van der Waals surface area contributed by atoms with Crippen LogP contribution in [0.3, 0.4) is 0 Å². The number of anilines is 1. The maximum atomic E-state index is 11.9. The summed E-state index contributed by atoms with van der Waals surface area (Å²) in [5.41, 5.74) is 4.29. The van der Waals surface area contributed by atoms with Crippen LogP contribution >= 0.6 is 0 Å². The van der Waals surface area contributed by atoms with E-state index in [0.29, 0.717) is 13.2 Å². The molecule has 0 unspecified atom stereocenters. The molecule has 0 aliphatic rings. The number of hydrogen-bond acceptors (Lipinski definition) is 2. The number of aryl methyl sites for hydroxylation is 3. The molecule has 4 heteroatoms. The van der Waals surface area contributed by atoms with Crippen LogP contribution in [0.2, 0.25) is 0 Å². The third kappa shape index (κ3) is 5.66. The maximum absolute atomic E-state index is 11.9. The Kier molecular flexibility index (Phi) is 6.03. The Labute approximate surface area is 137 Å². The molecule has 2 amide bonds. The fourth-order valence-corrected chi connectivity index (χ4v) is 2.41. The zero-order valence-electron chi connectivity index (χ0n) is 14.0. The molecule has 0 radical (unpaired) electrons. The van der Waals surface area contributed by atoms with Gasteiger partial charge in [-0.1, -0.05) is 25.1 Å². The van der Waals surface area contributed by atoms with Crippen molar-refractivity contribution in [2.24, 2.45) is 0 Å². The summed E-state index contributed by atoms with van der Waals surface area (Å²) in [6.07, 6.45) is 0.980. The summed E-state index contributed by atoms with van der Waals surface area (Å²) in [5, 5.41) is 5.63. The number of ether oxygens (including phenoxy) is 1. The van der Waals surface area contributed by atoms with E-state index in [9.17, 15) is 4.79 Å². The lowest BCUT2D eigenvalue weighted by Gasteiger charge is -2.10. The maximum Gasteiger partial charge on any atom is 0.319 e. The quantitative estimate of drug-likeness (QED) is 0.790. The summed E-state index contributed by atoms with van der Waals surface area (Å²) in [5.74, 6) is 0.834. The largest absolute Gasteiger partial charge is 0.492 e. The Bertz CT molecular complexity index is 648. The van der Waals surface area contributed by atoms with E-state index in [1.54, 1.807) is 0 Å². The fraction of sp³-hybridized carbons (Fsp3) is 0.316. The van der Waals surface area contributed by atoms with Crippen molar-refractivity contribution in [3.05, 3.63) is 59.2 Å². The summed E-state index contributed by atoms with van der Waals surface area (Å²) in [6.45, 7) is 7.02. The van der Waals surface area contributed by atoms with Gasteiger partial charge in [0.2, 0.25) is 0 Å². The molecule has 122 valence electrons. The standard InChI is InChI=1S/C19H24N2O2/c1-4-16-6-5-7-18(13-16)23-9-8-20-19(22)21-17-11-14(2)10-15(3)12-17/h5-7,10-13H,4,8-9H2,1-3H3,(H2,20,21,22). The molecule has 2 rings (SSSR count). The topological polar surface area (TPSA) is 50.4 Å². The average Bonchev–Trinajstić information content (AvgIpc) is 2.51. The van der Waals surface area contributed by atoms with Crippen LogP contribution in [-0.4, -0.2) is 19.2 Å². The number of benzene rings is 2. The first kappa shape index (κ1) is 16.9. The SMILES string of the molecule is CCc1cccc(OCCNC(=O)Nc2cc(C)cc(C)c2)c1. The Morgan fingerprint density at radius 1 is 1.09 bits per heavy atom. The van der Waals surface area contributed by atoms with Gasteiger partial charge >= 0.3 is 6.03 Å². The van der Waals surface area contributed by atoms with Gasteiger partial charge in [0, 0.05) is 5.69 Å². The molecule has 2 N–H and O–H groups in total. The highest BCUT2D eigenvalue weighted by Gasteiger charge is 2.02. The molecule has 0 saturated heterocycles. The third-order valence-corrected chi connectivity index (χ3v) is 3.44. The van der Waals surface area contributed by atoms with E-state index in [4.69, 9.17) is 4.74 Å². The summed E-state index contributed by atoms with van der Waals surface area (Å²) < 4.78 is 5.64. The van der Waals surface area contributed by atoms with Crippen molar-refractivity contribution in [3.63, 3.8) is 0 Å². The van der Waals surface area contributed by atoms with Crippen LogP contribution in [0.1, 0.15) is 23.6 Å². The molecule has 2 aromatic carbocycles. The summed E-state index contributed by atoms with van der Waals surface area (Å²) >= 11 is 0. The molecule has 0 heterocycles. The van der Waals surface area contributed by atoms with Crippen molar-refractivity contribution in [1.82, 2.24) is 5.32 Å².